The van der Waals surface area contributed by atoms with Crippen LogP contribution in [0.4, 0.5) is 5.82 Å². The molecule has 2 rings (SSSR count). The van der Waals surface area contributed by atoms with Crippen molar-refractivity contribution in [1.82, 2.24) is 4.98 Å². The number of hydrogen-bond acceptors (Lipinski definition) is 4. The molecule has 112 valence electrons. The van der Waals surface area contributed by atoms with Gasteiger partial charge in [-0.2, -0.15) is 0 Å². The minimum absolute atomic E-state index is 0.148. The molecule has 0 atom stereocenters. The van der Waals surface area contributed by atoms with E-state index in [1.807, 2.05) is 19.9 Å². The zero-order valence-corrected chi connectivity index (χ0v) is 13.0. The van der Waals surface area contributed by atoms with Gasteiger partial charge in [-0.3, -0.25) is 4.72 Å². The number of sulfonamides is 1. The molecular weight excluding hydrogens is 288 g/mol. The van der Waals surface area contributed by atoms with Crippen molar-refractivity contribution in [2.24, 2.45) is 0 Å². The summed E-state index contributed by atoms with van der Waals surface area (Å²) in [5.41, 5.74) is 2.84. The van der Waals surface area contributed by atoms with Crippen molar-refractivity contribution in [2.75, 3.05) is 4.72 Å². The Kier molecular flexibility index (Phi) is 4.29. The maximum atomic E-state index is 12.5. The zero-order valence-electron chi connectivity index (χ0n) is 12.2. The highest BCUT2D eigenvalue weighted by molar-refractivity contribution is 7.92. The standard InChI is InChI=1S/C15H18N2O3S/c1-10-6-12(3)16-15(7-10)17-21(19,20)14-8-13(9-18)5-4-11(14)2/h4-8,18H,9H2,1-3H3,(H,16,17). The van der Waals surface area contributed by atoms with Crippen LogP contribution in [0.2, 0.25) is 0 Å². The van der Waals surface area contributed by atoms with E-state index in [4.69, 9.17) is 5.11 Å². The molecule has 0 saturated heterocycles. The predicted molar refractivity (Wildman–Crippen MR) is 81.6 cm³/mol. The number of nitrogens with zero attached hydrogens (tertiary/aromatic N) is 1. The van der Waals surface area contributed by atoms with Crippen molar-refractivity contribution < 1.29 is 13.5 Å². The second kappa shape index (κ2) is 5.83. The van der Waals surface area contributed by atoms with Crippen molar-refractivity contribution in [2.45, 2.75) is 32.3 Å². The first-order valence-corrected chi connectivity index (χ1v) is 7.98. The fourth-order valence-corrected chi connectivity index (χ4v) is 3.41. The third-order valence-corrected chi connectivity index (χ3v) is 4.56. The summed E-state index contributed by atoms with van der Waals surface area (Å²) in [6.45, 7) is 5.20. The smallest absolute Gasteiger partial charge is 0.263 e. The number of aryl methyl sites for hydroxylation is 3. The fraction of sp³-hybridized carbons (Fsp3) is 0.267. The molecule has 5 nitrogen and oxygen atoms in total. The molecule has 2 aromatic rings. The Bertz CT molecular complexity index is 750. The average molecular weight is 306 g/mol. The van der Waals surface area contributed by atoms with Crippen molar-refractivity contribution in [1.29, 1.82) is 0 Å². The summed E-state index contributed by atoms with van der Waals surface area (Å²) >= 11 is 0. The lowest BCUT2D eigenvalue weighted by atomic mass is 10.2. The summed E-state index contributed by atoms with van der Waals surface area (Å²) in [5, 5.41) is 9.15. The predicted octanol–water partition coefficient (Wildman–Crippen LogP) is 2.30. The molecule has 0 bridgehead atoms. The van der Waals surface area contributed by atoms with Crippen molar-refractivity contribution in [3.63, 3.8) is 0 Å². The van der Waals surface area contributed by atoms with E-state index in [0.717, 1.165) is 11.3 Å². The van der Waals surface area contributed by atoms with Gasteiger partial charge in [0.1, 0.15) is 5.82 Å². The second-order valence-electron chi connectivity index (χ2n) is 5.03. The van der Waals surface area contributed by atoms with E-state index in [2.05, 4.69) is 9.71 Å². The van der Waals surface area contributed by atoms with Crippen LogP contribution in [0.1, 0.15) is 22.4 Å². The molecule has 1 aromatic carbocycles. The molecule has 0 aliphatic rings. The van der Waals surface area contributed by atoms with E-state index in [1.165, 1.54) is 6.07 Å². The first-order chi connectivity index (χ1) is 9.81. The number of anilines is 1. The van der Waals surface area contributed by atoms with Crippen molar-refractivity contribution in [3.8, 4) is 0 Å². The molecule has 0 saturated carbocycles. The summed E-state index contributed by atoms with van der Waals surface area (Å²) < 4.78 is 27.4. The molecule has 0 aliphatic carbocycles. The van der Waals surface area contributed by atoms with Gasteiger partial charge in [-0.05, 0) is 55.7 Å². The Hall–Kier alpha value is -1.92. The maximum Gasteiger partial charge on any atom is 0.263 e. The van der Waals surface area contributed by atoms with Crippen molar-refractivity contribution >= 4 is 15.8 Å². The van der Waals surface area contributed by atoms with Crippen LogP contribution in [0, 0.1) is 20.8 Å². The Labute approximate surface area is 124 Å². The van der Waals surface area contributed by atoms with E-state index < -0.39 is 10.0 Å². The number of rotatable bonds is 4. The number of aliphatic hydroxyl groups excluding tert-OH is 1. The first kappa shape index (κ1) is 15.5. The minimum atomic E-state index is -3.73. The van der Waals surface area contributed by atoms with Crippen LogP contribution in [-0.4, -0.2) is 18.5 Å². The summed E-state index contributed by atoms with van der Waals surface area (Å²) in [6.07, 6.45) is 0. The molecule has 0 fully saturated rings. The minimum Gasteiger partial charge on any atom is -0.392 e. The Morgan fingerprint density at radius 1 is 1.14 bits per heavy atom. The van der Waals surface area contributed by atoms with Crippen LogP contribution < -0.4 is 4.72 Å². The zero-order chi connectivity index (χ0) is 15.6. The van der Waals surface area contributed by atoms with E-state index >= 15 is 0 Å². The summed E-state index contributed by atoms with van der Waals surface area (Å²) in [4.78, 5) is 4.33. The highest BCUT2D eigenvalue weighted by Gasteiger charge is 2.18. The Morgan fingerprint density at radius 3 is 2.48 bits per heavy atom. The van der Waals surface area contributed by atoms with E-state index in [0.29, 0.717) is 16.9 Å². The summed E-state index contributed by atoms with van der Waals surface area (Å²) in [7, 11) is -3.73. The van der Waals surface area contributed by atoms with Crippen LogP contribution in [0.3, 0.4) is 0 Å². The first-order valence-electron chi connectivity index (χ1n) is 6.50. The number of benzene rings is 1. The number of aromatic nitrogens is 1. The number of pyridine rings is 1. The SMILES string of the molecule is Cc1cc(C)nc(NS(=O)(=O)c2cc(CO)ccc2C)c1. The lowest BCUT2D eigenvalue weighted by Gasteiger charge is -2.12. The van der Waals surface area contributed by atoms with Gasteiger partial charge in [-0.1, -0.05) is 12.1 Å². The van der Waals surface area contributed by atoms with Crippen LogP contribution in [0.5, 0.6) is 0 Å². The topological polar surface area (TPSA) is 79.3 Å². The summed E-state index contributed by atoms with van der Waals surface area (Å²) in [5.74, 6) is 0.293. The van der Waals surface area contributed by atoms with Crippen LogP contribution in [0.25, 0.3) is 0 Å². The highest BCUT2D eigenvalue weighted by atomic mass is 32.2. The Balaban J connectivity index is 2.42. The lowest BCUT2D eigenvalue weighted by Crippen LogP contribution is -2.16. The largest absolute Gasteiger partial charge is 0.392 e. The van der Waals surface area contributed by atoms with Crippen LogP contribution in [-0.2, 0) is 16.6 Å². The van der Waals surface area contributed by atoms with Gasteiger partial charge < -0.3 is 5.11 Å². The molecule has 1 aromatic heterocycles. The second-order valence-corrected chi connectivity index (χ2v) is 6.69. The normalized spacial score (nSPS) is 11.4. The molecule has 6 heteroatoms. The molecule has 2 N–H and O–H groups in total. The van der Waals surface area contributed by atoms with Gasteiger partial charge in [0.15, 0.2) is 0 Å². The van der Waals surface area contributed by atoms with Crippen LogP contribution >= 0.6 is 0 Å². The van der Waals surface area contributed by atoms with Gasteiger partial charge in [0.05, 0.1) is 11.5 Å². The quantitative estimate of drug-likeness (QED) is 0.908. The van der Waals surface area contributed by atoms with Gasteiger partial charge in [0, 0.05) is 5.69 Å². The maximum absolute atomic E-state index is 12.5. The van der Waals surface area contributed by atoms with E-state index in [1.54, 1.807) is 25.1 Å². The van der Waals surface area contributed by atoms with Gasteiger partial charge in [-0.25, -0.2) is 13.4 Å². The van der Waals surface area contributed by atoms with Gasteiger partial charge in [0.25, 0.3) is 10.0 Å². The third-order valence-electron chi connectivity index (χ3n) is 3.06. The third kappa shape index (κ3) is 3.59. The molecular formula is C15H18N2O3S. The molecule has 1 heterocycles. The lowest BCUT2D eigenvalue weighted by molar-refractivity contribution is 0.281. The van der Waals surface area contributed by atoms with E-state index in [9.17, 15) is 8.42 Å². The molecule has 21 heavy (non-hydrogen) atoms. The van der Waals surface area contributed by atoms with Gasteiger partial charge in [-0.15, -0.1) is 0 Å². The average Bonchev–Trinajstić information content (AvgIpc) is 2.37. The number of hydrogen-bond donors (Lipinski definition) is 2. The van der Waals surface area contributed by atoms with E-state index in [-0.39, 0.29) is 11.5 Å². The molecule has 0 amide bonds. The highest BCUT2D eigenvalue weighted by Crippen LogP contribution is 2.20. The molecule has 0 aliphatic heterocycles. The molecule has 0 spiro atoms. The van der Waals surface area contributed by atoms with Gasteiger partial charge in [0.2, 0.25) is 0 Å². The number of aliphatic hydroxyl groups is 1. The molecule has 0 unspecified atom stereocenters. The van der Waals surface area contributed by atoms with Crippen LogP contribution in [0.15, 0.2) is 35.2 Å². The fourth-order valence-electron chi connectivity index (χ4n) is 2.12. The Morgan fingerprint density at radius 2 is 1.86 bits per heavy atom. The number of nitrogens with one attached hydrogen (secondary N) is 1. The molecule has 0 radical (unpaired) electrons. The van der Waals surface area contributed by atoms with Gasteiger partial charge >= 0.3 is 0 Å². The van der Waals surface area contributed by atoms with Crippen molar-refractivity contribution in [3.05, 3.63) is 52.7 Å². The monoisotopic (exact) mass is 306 g/mol. The summed E-state index contributed by atoms with van der Waals surface area (Å²) in [6, 6.07) is 8.39.